The fourth-order valence-corrected chi connectivity index (χ4v) is 3.52. The van der Waals surface area contributed by atoms with Gasteiger partial charge in [-0.2, -0.15) is 0 Å². The summed E-state index contributed by atoms with van der Waals surface area (Å²) in [6.45, 7) is 7.01. The molecule has 1 nitrogen and oxygen atoms in total. The predicted octanol–water partition coefficient (Wildman–Crippen LogP) is 3.36. The number of aryl methyl sites for hydroxylation is 1. The van der Waals surface area contributed by atoms with Crippen LogP contribution < -0.4 is 0 Å². The molecule has 1 heteroatoms. The summed E-state index contributed by atoms with van der Waals surface area (Å²) < 4.78 is 0. The second kappa shape index (κ2) is 3.32. The Balaban J connectivity index is 2.26. The summed E-state index contributed by atoms with van der Waals surface area (Å²) in [5.74, 6) is 0. The third kappa shape index (κ3) is 1.27. The van der Waals surface area contributed by atoms with E-state index in [1.807, 2.05) is 0 Å². The molecule has 0 bridgehead atoms. The number of hydrogen-bond acceptors (Lipinski definition) is 1. The van der Waals surface area contributed by atoms with Crippen LogP contribution in [0.5, 0.6) is 0 Å². The van der Waals surface area contributed by atoms with Crippen LogP contribution in [-0.2, 0) is 31.1 Å². The van der Waals surface area contributed by atoms with Crippen LogP contribution in [0.15, 0.2) is 0 Å². The third-order valence-corrected chi connectivity index (χ3v) is 4.44. The first-order chi connectivity index (χ1) is 7.63. The summed E-state index contributed by atoms with van der Waals surface area (Å²) in [6.07, 6.45) is 7.55. The Morgan fingerprint density at radius 3 is 2.69 bits per heavy atom. The van der Waals surface area contributed by atoms with E-state index in [4.69, 9.17) is 4.98 Å². The molecule has 0 amide bonds. The first kappa shape index (κ1) is 10.3. The fraction of sp³-hybridized carbons (Fsp3) is 0.667. The van der Waals surface area contributed by atoms with Crippen molar-refractivity contribution in [3.8, 4) is 0 Å². The highest BCUT2D eigenvalue weighted by Gasteiger charge is 2.35. The molecule has 0 unspecified atom stereocenters. The van der Waals surface area contributed by atoms with Gasteiger partial charge in [0.15, 0.2) is 0 Å². The molecule has 0 fully saturated rings. The number of fused-ring (bicyclic) bond motifs is 2. The molecule has 16 heavy (non-hydrogen) atoms. The zero-order chi connectivity index (χ0) is 11.3. The smallest absolute Gasteiger partial charge is 0.0498 e. The zero-order valence-corrected chi connectivity index (χ0v) is 10.7. The number of pyridine rings is 1. The van der Waals surface area contributed by atoms with Gasteiger partial charge in [0.1, 0.15) is 0 Å². The minimum absolute atomic E-state index is 0.316. The van der Waals surface area contributed by atoms with Crippen molar-refractivity contribution < 1.29 is 0 Å². The molecule has 86 valence electrons. The van der Waals surface area contributed by atoms with Gasteiger partial charge in [0.05, 0.1) is 0 Å². The summed E-state index contributed by atoms with van der Waals surface area (Å²) in [5.41, 5.74) is 8.03. The Morgan fingerprint density at radius 1 is 1.12 bits per heavy atom. The lowest BCUT2D eigenvalue weighted by atomic mass is 9.89. The van der Waals surface area contributed by atoms with Crippen molar-refractivity contribution in [2.24, 2.45) is 0 Å². The van der Waals surface area contributed by atoms with Crippen LogP contribution in [-0.4, -0.2) is 4.98 Å². The summed E-state index contributed by atoms with van der Waals surface area (Å²) in [6, 6.07) is 0. The summed E-state index contributed by atoms with van der Waals surface area (Å²) in [7, 11) is 0. The van der Waals surface area contributed by atoms with Crippen molar-refractivity contribution in [2.75, 3.05) is 0 Å². The number of hydrogen-bond donors (Lipinski definition) is 0. The SMILES string of the molecule is CCc1c2c(nc3c1CCC3(C)C)CCC2. The van der Waals surface area contributed by atoms with Crippen LogP contribution >= 0.6 is 0 Å². The van der Waals surface area contributed by atoms with Crippen LogP contribution in [0.3, 0.4) is 0 Å². The van der Waals surface area contributed by atoms with Gasteiger partial charge in [-0.3, -0.25) is 4.98 Å². The Labute approximate surface area is 98.3 Å². The topological polar surface area (TPSA) is 12.9 Å². The maximum atomic E-state index is 5.00. The monoisotopic (exact) mass is 215 g/mol. The molecule has 0 saturated carbocycles. The van der Waals surface area contributed by atoms with Gasteiger partial charge in [-0.1, -0.05) is 20.8 Å². The van der Waals surface area contributed by atoms with Crippen molar-refractivity contribution in [3.05, 3.63) is 28.1 Å². The molecule has 0 aliphatic heterocycles. The van der Waals surface area contributed by atoms with E-state index in [2.05, 4.69) is 20.8 Å². The van der Waals surface area contributed by atoms with Crippen LogP contribution in [0.1, 0.15) is 61.7 Å². The second-order valence-corrected chi connectivity index (χ2v) is 5.93. The van der Waals surface area contributed by atoms with Gasteiger partial charge in [-0.15, -0.1) is 0 Å². The van der Waals surface area contributed by atoms with Gasteiger partial charge in [-0.05, 0) is 55.2 Å². The molecule has 1 heterocycles. The van der Waals surface area contributed by atoms with E-state index in [1.165, 1.54) is 49.9 Å². The number of nitrogens with zero attached hydrogens (tertiary/aromatic N) is 1. The molecule has 0 saturated heterocycles. The minimum Gasteiger partial charge on any atom is -0.257 e. The average molecular weight is 215 g/mol. The van der Waals surface area contributed by atoms with Crippen LogP contribution in [0.2, 0.25) is 0 Å². The highest BCUT2D eigenvalue weighted by atomic mass is 14.8. The van der Waals surface area contributed by atoms with Gasteiger partial charge in [0.25, 0.3) is 0 Å². The van der Waals surface area contributed by atoms with E-state index in [1.54, 1.807) is 16.7 Å². The Kier molecular flexibility index (Phi) is 2.14. The van der Waals surface area contributed by atoms with Crippen LogP contribution in [0.4, 0.5) is 0 Å². The molecule has 2 aliphatic carbocycles. The first-order valence-electron chi connectivity index (χ1n) is 6.67. The molecule has 0 aromatic carbocycles. The van der Waals surface area contributed by atoms with E-state index >= 15 is 0 Å². The Hall–Kier alpha value is -0.850. The Bertz CT molecular complexity index is 443. The maximum Gasteiger partial charge on any atom is 0.0498 e. The molecular weight excluding hydrogens is 194 g/mol. The van der Waals surface area contributed by atoms with Gasteiger partial charge < -0.3 is 0 Å². The lowest BCUT2D eigenvalue weighted by Crippen LogP contribution is -2.16. The molecule has 1 aromatic heterocycles. The van der Waals surface area contributed by atoms with Crippen LogP contribution in [0.25, 0.3) is 0 Å². The quantitative estimate of drug-likeness (QED) is 0.700. The standard InChI is InChI=1S/C15H21N/c1-4-10-11-6-5-7-13(11)16-14-12(10)8-9-15(14,2)3/h4-9H2,1-3H3. The van der Waals surface area contributed by atoms with Gasteiger partial charge in [-0.25, -0.2) is 0 Å². The molecule has 3 rings (SSSR count). The second-order valence-electron chi connectivity index (χ2n) is 5.93. The third-order valence-electron chi connectivity index (χ3n) is 4.44. The van der Waals surface area contributed by atoms with E-state index in [0.717, 1.165) is 0 Å². The van der Waals surface area contributed by atoms with Crippen LogP contribution in [0, 0.1) is 0 Å². The van der Waals surface area contributed by atoms with Crippen molar-refractivity contribution in [1.29, 1.82) is 0 Å². The lowest BCUT2D eigenvalue weighted by Gasteiger charge is -2.20. The maximum absolute atomic E-state index is 5.00. The van der Waals surface area contributed by atoms with Gasteiger partial charge >= 0.3 is 0 Å². The summed E-state index contributed by atoms with van der Waals surface area (Å²) in [5, 5.41) is 0. The molecule has 2 aliphatic rings. The van der Waals surface area contributed by atoms with E-state index < -0.39 is 0 Å². The molecule has 0 atom stereocenters. The minimum atomic E-state index is 0.316. The van der Waals surface area contributed by atoms with Crippen molar-refractivity contribution in [3.63, 3.8) is 0 Å². The predicted molar refractivity (Wildman–Crippen MR) is 67.0 cm³/mol. The molecular formula is C15H21N. The average Bonchev–Trinajstić information content (AvgIpc) is 2.81. The summed E-state index contributed by atoms with van der Waals surface area (Å²) in [4.78, 5) is 5.00. The van der Waals surface area contributed by atoms with Gasteiger partial charge in [0.2, 0.25) is 0 Å². The van der Waals surface area contributed by atoms with E-state index in [0.29, 0.717) is 5.41 Å². The summed E-state index contributed by atoms with van der Waals surface area (Å²) >= 11 is 0. The lowest BCUT2D eigenvalue weighted by molar-refractivity contribution is 0.508. The van der Waals surface area contributed by atoms with E-state index in [9.17, 15) is 0 Å². The van der Waals surface area contributed by atoms with Crippen molar-refractivity contribution in [1.82, 2.24) is 4.98 Å². The first-order valence-corrected chi connectivity index (χ1v) is 6.67. The zero-order valence-electron chi connectivity index (χ0n) is 10.7. The van der Waals surface area contributed by atoms with Crippen molar-refractivity contribution in [2.45, 2.75) is 64.7 Å². The molecule has 0 N–H and O–H groups in total. The van der Waals surface area contributed by atoms with E-state index in [-0.39, 0.29) is 0 Å². The van der Waals surface area contributed by atoms with Crippen molar-refractivity contribution >= 4 is 0 Å². The molecule has 1 aromatic rings. The highest BCUT2D eigenvalue weighted by Crippen LogP contribution is 2.41. The fourth-order valence-electron chi connectivity index (χ4n) is 3.52. The highest BCUT2D eigenvalue weighted by molar-refractivity contribution is 5.47. The number of rotatable bonds is 1. The molecule has 0 spiro atoms. The Morgan fingerprint density at radius 2 is 1.94 bits per heavy atom. The number of aromatic nitrogens is 1. The normalized spacial score (nSPS) is 20.9. The van der Waals surface area contributed by atoms with Gasteiger partial charge in [0, 0.05) is 16.8 Å². The largest absolute Gasteiger partial charge is 0.257 e. The molecule has 0 radical (unpaired) electrons.